The fourth-order valence-corrected chi connectivity index (χ4v) is 1.83. The van der Waals surface area contributed by atoms with Gasteiger partial charge in [-0.15, -0.1) is 0 Å². The van der Waals surface area contributed by atoms with Crippen molar-refractivity contribution >= 4 is 29.3 Å². The zero-order valence-corrected chi connectivity index (χ0v) is 12.0. The van der Waals surface area contributed by atoms with Crippen molar-refractivity contribution in [1.29, 1.82) is 0 Å². The summed E-state index contributed by atoms with van der Waals surface area (Å²) in [4.78, 5) is 11.7. The summed E-state index contributed by atoms with van der Waals surface area (Å²) in [5.74, 6) is -0.102. The lowest BCUT2D eigenvalue weighted by molar-refractivity contribution is -0.111. The van der Waals surface area contributed by atoms with Crippen LogP contribution in [0.1, 0.15) is 5.56 Å². The molecule has 5 heteroatoms. The number of hydrogen-bond acceptors (Lipinski definition) is 2. The number of halogens is 2. The van der Waals surface area contributed by atoms with Crippen molar-refractivity contribution in [2.24, 2.45) is 0 Å². The summed E-state index contributed by atoms with van der Waals surface area (Å²) in [6.07, 6.45) is 3.05. The molecule has 0 fully saturated rings. The molecule has 0 saturated heterocycles. The molecule has 0 saturated carbocycles. The maximum Gasteiger partial charge on any atom is 0.248 e. The fraction of sp³-hybridized carbons (Fsp3) is 0.0625. The number of benzene rings is 2. The monoisotopic (exact) mass is 305 g/mol. The van der Waals surface area contributed by atoms with Gasteiger partial charge in [0.15, 0.2) is 0 Å². The summed E-state index contributed by atoms with van der Waals surface area (Å²) in [6.45, 7) is 0. The average molecular weight is 306 g/mol. The molecule has 0 unspecified atom stereocenters. The van der Waals surface area contributed by atoms with Crippen LogP contribution in [0, 0.1) is 5.82 Å². The molecule has 0 bridgehead atoms. The molecule has 1 N–H and O–H groups in total. The Hall–Kier alpha value is -2.33. The van der Waals surface area contributed by atoms with E-state index < -0.39 is 5.82 Å². The van der Waals surface area contributed by atoms with Gasteiger partial charge in [-0.2, -0.15) is 0 Å². The average Bonchev–Trinajstić information content (AvgIpc) is 2.49. The number of carbonyl (C=O) groups is 1. The predicted octanol–water partition coefficient (Wildman–Crippen LogP) is 4.14. The van der Waals surface area contributed by atoms with Gasteiger partial charge in [0, 0.05) is 11.8 Å². The Morgan fingerprint density at radius 3 is 2.57 bits per heavy atom. The van der Waals surface area contributed by atoms with E-state index in [1.54, 1.807) is 25.3 Å². The Labute approximate surface area is 127 Å². The highest BCUT2D eigenvalue weighted by Crippen LogP contribution is 2.19. The molecular weight excluding hydrogens is 293 g/mol. The van der Waals surface area contributed by atoms with Crippen molar-refractivity contribution in [3.8, 4) is 5.75 Å². The third-order valence-corrected chi connectivity index (χ3v) is 3.02. The van der Waals surface area contributed by atoms with Gasteiger partial charge in [-0.25, -0.2) is 4.39 Å². The topological polar surface area (TPSA) is 38.3 Å². The summed E-state index contributed by atoms with van der Waals surface area (Å²) in [6, 6.07) is 11.3. The first-order valence-electron chi connectivity index (χ1n) is 6.16. The molecule has 0 aliphatic rings. The Balaban J connectivity index is 1.99. The number of hydrogen-bond donors (Lipinski definition) is 1. The second kappa shape index (κ2) is 6.90. The zero-order chi connectivity index (χ0) is 15.2. The van der Waals surface area contributed by atoms with Crippen LogP contribution in [-0.2, 0) is 4.79 Å². The van der Waals surface area contributed by atoms with E-state index >= 15 is 0 Å². The minimum Gasteiger partial charge on any atom is -0.497 e. The second-order valence-electron chi connectivity index (χ2n) is 4.22. The van der Waals surface area contributed by atoms with E-state index in [0.29, 0.717) is 5.69 Å². The fourth-order valence-electron chi connectivity index (χ4n) is 1.64. The molecule has 0 atom stereocenters. The largest absolute Gasteiger partial charge is 0.497 e. The Morgan fingerprint density at radius 1 is 1.24 bits per heavy atom. The summed E-state index contributed by atoms with van der Waals surface area (Å²) in [5.41, 5.74) is 1.30. The van der Waals surface area contributed by atoms with E-state index in [1.165, 1.54) is 24.3 Å². The van der Waals surface area contributed by atoms with E-state index in [2.05, 4.69) is 5.32 Å². The molecule has 2 rings (SSSR count). The van der Waals surface area contributed by atoms with Gasteiger partial charge in [0.2, 0.25) is 5.91 Å². The van der Waals surface area contributed by atoms with Crippen LogP contribution in [0.3, 0.4) is 0 Å². The lowest BCUT2D eigenvalue weighted by atomic mass is 10.2. The Bertz CT molecular complexity index is 668. The van der Waals surface area contributed by atoms with E-state index in [4.69, 9.17) is 16.3 Å². The van der Waals surface area contributed by atoms with Gasteiger partial charge >= 0.3 is 0 Å². The van der Waals surface area contributed by atoms with Crippen LogP contribution in [0.2, 0.25) is 5.02 Å². The van der Waals surface area contributed by atoms with Gasteiger partial charge in [-0.05, 0) is 42.0 Å². The number of carbonyl (C=O) groups excluding carboxylic acids is 1. The molecule has 1 amide bonds. The summed E-state index contributed by atoms with van der Waals surface area (Å²) in [5, 5.41) is 2.57. The molecule has 0 aromatic heterocycles. The molecule has 0 spiro atoms. The van der Waals surface area contributed by atoms with Crippen LogP contribution in [0.15, 0.2) is 48.5 Å². The number of ether oxygens (including phenoxy) is 1. The van der Waals surface area contributed by atoms with Crippen molar-refractivity contribution in [1.82, 2.24) is 0 Å². The molecule has 0 aliphatic carbocycles. The maximum absolute atomic E-state index is 13.0. The maximum atomic E-state index is 13.0. The lowest BCUT2D eigenvalue weighted by Gasteiger charge is -2.03. The highest BCUT2D eigenvalue weighted by molar-refractivity contribution is 6.31. The normalized spacial score (nSPS) is 10.6. The number of nitrogens with one attached hydrogen (secondary N) is 1. The number of amides is 1. The van der Waals surface area contributed by atoms with Crippen molar-refractivity contribution in [3.63, 3.8) is 0 Å². The van der Waals surface area contributed by atoms with Crippen LogP contribution >= 0.6 is 11.6 Å². The third kappa shape index (κ3) is 4.33. The van der Waals surface area contributed by atoms with Crippen LogP contribution in [0.5, 0.6) is 5.75 Å². The first-order valence-corrected chi connectivity index (χ1v) is 6.54. The summed E-state index contributed by atoms with van der Waals surface area (Å²) in [7, 11) is 1.59. The van der Waals surface area contributed by atoms with Crippen LogP contribution in [0.4, 0.5) is 10.1 Å². The quantitative estimate of drug-likeness (QED) is 0.862. The van der Waals surface area contributed by atoms with Gasteiger partial charge in [0.25, 0.3) is 0 Å². The molecule has 3 nitrogen and oxygen atoms in total. The minimum absolute atomic E-state index is 0.0352. The molecule has 108 valence electrons. The molecule has 0 radical (unpaired) electrons. The van der Waals surface area contributed by atoms with E-state index in [0.717, 1.165) is 11.3 Å². The number of rotatable bonds is 4. The van der Waals surface area contributed by atoms with Crippen LogP contribution in [-0.4, -0.2) is 13.0 Å². The molecule has 0 heterocycles. The Morgan fingerprint density at radius 2 is 1.95 bits per heavy atom. The first-order chi connectivity index (χ1) is 10.1. The van der Waals surface area contributed by atoms with Gasteiger partial charge in [0.1, 0.15) is 11.6 Å². The van der Waals surface area contributed by atoms with E-state index in [-0.39, 0.29) is 10.9 Å². The minimum atomic E-state index is -0.525. The van der Waals surface area contributed by atoms with Gasteiger partial charge in [0.05, 0.1) is 12.1 Å². The smallest absolute Gasteiger partial charge is 0.248 e. The predicted molar refractivity (Wildman–Crippen MR) is 82.1 cm³/mol. The van der Waals surface area contributed by atoms with Crippen molar-refractivity contribution < 1.29 is 13.9 Å². The highest BCUT2D eigenvalue weighted by atomic mass is 35.5. The van der Waals surface area contributed by atoms with Crippen molar-refractivity contribution in [3.05, 3.63) is 64.9 Å². The molecule has 2 aromatic rings. The zero-order valence-electron chi connectivity index (χ0n) is 11.3. The van der Waals surface area contributed by atoms with Crippen molar-refractivity contribution in [2.45, 2.75) is 0 Å². The molecule has 0 aliphatic heterocycles. The Kier molecular flexibility index (Phi) is 4.95. The first kappa shape index (κ1) is 15.1. The molecule has 2 aromatic carbocycles. The van der Waals surface area contributed by atoms with E-state index in [9.17, 15) is 9.18 Å². The van der Waals surface area contributed by atoms with Crippen molar-refractivity contribution in [2.75, 3.05) is 12.4 Å². The van der Waals surface area contributed by atoms with Gasteiger partial charge < -0.3 is 10.1 Å². The lowest BCUT2D eigenvalue weighted by Crippen LogP contribution is -2.07. The summed E-state index contributed by atoms with van der Waals surface area (Å²) >= 11 is 5.64. The standard InChI is InChI=1S/C16H13ClFNO2/c1-21-13-6-2-11(3-7-13)4-9-16(20)19-12-5-8-15(18)14(17)10-12/h2-10H,1H3,(H,19,20). The highest BCUT2D eigenvalue weighted by Gasteiger charge is 2.02. The molecule has 21 heavy (non-hydrogen) atoms. The number of methoxy groups -OCH3 is 1. The third-order valence-electron chi connectivity index (χ3n) is 2.73. The molecular formula is C16H13ClFNO2. The van der Waals surface area contributed by atoms with Crippen LogP contribution < -0.4 is 10.1 Å². The van der Waals surface area contributed by atoms with E-state index in [1.807, 2.05) is 12.1 Å². The second-order valence-corrected chi connectivity index (χ2v) is 4.63. The summed E-state index contributed by atoms with van der Waals surface area (Å²) < 4.78 is 18.0. The SMILES string of the molecule is COc1ccc(C=CC(=O)Nc2ccc(F)c(Cl)c2)cc1. The van der Waals surface area contributed by atoms with Gasteiger partial charge in [-0.3, -0.25) is 4.79 Å². The van der Waals surface area contributed by atoms with Gasteiger partial charge in [-0.1, -0.05) is 23.7 Å². The number of anilines is 1. The van der Waals surface area contributed by atoms with Crippen LogP contribution in [0.25, 0.3) is 6.08 Å².